The maximum Gasteiger partial charge on any atom is 0.264 e. The first kappa shape index (κ1) is 21.1. The number of fused-ring (bicyclic) bond motifs is 1. The Morgan fingerprint density at radius 2 is 1.74 bits per heavy atom. The van der Waals surface area contributed by atoms with Gasteiger partial charge in [0, 0.05) is 18.2 Å². The van der Waals surface area contributed by atoms with Gasteiger partial charge >= 0.3 is 0 Å². The summed E-state index contributed by atoms with van der Waals surface area (Å²) in [6.45, 7) is 4.37. The summed E-state index contributed by atoms with van der Waals surface area (Å²) < 4.78 is 28.0. The van der Waals surface area contributed by atoms with Crippen molar-refractivity contribution in [2.24, 2.45) is 0 Å². The third-order valence-corrected chi connectivity index (χ3v) is 7.56. The maximum absolute atomic E-state index is 13.3. The number of carbonyl (C=O) groups is 1. The smallest absolute Gasteiger partial charge is 0.264 e. The molecule has 1 N–H and O–H groups in total. The molecule has 0 aliphatic carbocycles. The molecule has 0 aromatic heterocycles. The van der Waals surface area contributed by atoms with Crippen molar-refractivity contribution in [3.05, 3.63) is 95.1 Å². The van der Waals surface area contributed by atoms with Crippen molar-refractivity contribution in [3.8, 4) is 0 Å². The van der Waals surface area contributed by atoms with Crippen LogP contribution in [0.15, 0.2) is 77.7 Å². The fourth-order valence-electron chi connectivity index (χ4n) is 4.00. The van der Waals surface area contributed by atoms with E-state index in [2.05, 4.69) is 5.32 Å². The topological polar surface area (TPSA) is 66.5 Å². The van der Waals surface area contributed by atoms with Crippen LogP contribution < -0.4 is 9.62 Å². The van der Waals surface area contributed by atoms with E-state index in [1.807, 2.05) is 50.2 Å². The Labute approximate surface area is 183 Å². The fourth-order valence-corrected chi connectivity index (χ4v) is 5.69. The molecule has 0 saturated heterocycles. The molecule has 31 heavy (non-hydrogen) atoms. The highest BCUT2D eigenvalue weighted by Crippen LogP contribution is 2.37. The summed E-state index contributed by atoms with van der Waals surface area (Å²) >= 11 is 0. The van der Waals surface area contributed by atoms with Crippen molar-refractivity contribution in [1.29, 1.82) is 0 Å². The number of carbonyl (C=O) groups excluding carboxylic acids is 1. The van der Waals surface area contributed by atoms with Gasteiger partial charge in [0.05, 0.1) is 10.6 Å². The SMILES string of the molecule is Cc1ccc(S(=O)(=O)N2c3ccc(C(=O)NCCc4ccccc4)cc3C[C@@H]2C)cc1. The Balaban J connectivity index is 1.51. The molecule has 3 aromatic rings. The van der Waals surface area contributed by atoms with Crippen LogP contribution in [0, 0.1) is 6.92 Å². The molecule has 1 amide bonds. The minimum absolute atomic E-state index is 0.147. The second-order valence-corrected chi connectivity index (χ2v) is 9.82. The maximum atomic E-state index is 13.3. The number of hydrogen-bond donors (Lipinski definition) is 1. The average molecular weight is 435 g/mol. The molecule has 6 heteroatoms. The Morgan fingerprint density at radius 3 is 2.45 bits per heavy atom. The largest absolute Gasteiger partial charge is 0.352 e. The lowest BCUT2D eigenvalue weighted by Crippen LogP contribution is -2.35. The predicted octanol–water partition coefficient (Wildman–Crippen LogP) is 4.11. The third kappa shape index (κ3) is 4.35. The number of rotatable bonds is 6. The second kappa shape index (κ2) is 8.55. The van der Waals surface area contributed by atoms with Gasteiger partial charge in [-0.25, -0.2) is 8.42 Å². The number of amides is 1. The monoisotopic (exact) mass is 434 g/mol. The molecule has 0 unspecified atom stereocenters. The summed E-state index contributed by atoms with van der Waals surface area (Å²) in [5, 5.41) is 2.95. The first-order valence-corrected chi connectivity index (χ1v) is 11.9. The Morgan fingerprint density at radius 1 is 1.03 bits per heavy atom. The first-order chi connectivity index (χ1) is 14.9. The average Bonchev–Trinajstić information content (AvgIpc) is 3.10. The van der Waals surface area contributed by atoms with E-state index in [4.69, 9.17) is 0 Å². The molecular weight excluding hydrogens is 408 g/mol. The standard InChI is InChI=1S/C25H26N2O3S/c1-18-8-11-23(12-9-18)31(29,30)27-19(2)16-22-17-21(10-13-24(22)27)25(28)26-15-14-20-6-4-3-5-7-20/h3-13,17,19H,14-16H2,1-2H3,(H,26,28)/t19-/m0/s1. The molecule has 5 nitrogen and oxygen atoms in total. The van der Waals surface area contributed by atoms with Gasteiger partial charge in [0.25, 0.3) is 15.9 Å². The van der Waals surface area contributed by atoms with Crippen LogP contribution >= 0.6 is 0 Å². The van der Waals surface area contributed by atoms with Crippen molar-refractivity contribution in [1.82, 2.24) is 5.32 Å². The molecule has 160 valence electrons. The third-order valence-electron chi connectivity index (χ3n) is 5.61. The molecule has 0 spiro atoms. The molecule has 1 heterocycles. The molecule has 1 aliphatic heterocycles. The van der Waals surface area contributed by atoms with E-state index in [0.29, 0.717) is 24.2 Å². The normalized spacial score (nSPS) is 15.5. The Kier molecular flexibility index (Phi) is 5.83. The molecular formula is C25H26N2O3S. The number of nitrogens with one attached hydrogen (secondary N) is 1. The van der Waals surface area contributed by atoms with Gasteiger partial charge < -0.3 is 5.32 Å². The number of benzene rings is 3. The van der Waals surface area contributed by atoms with E-state index in [-0.39, 0.29) is 16.8 Å². The van der Waals surface area contributed by atoms with E-state index in [9.17, 15) is 13.2 Å². The van der Waals surface area contributed by atoms with Crippen LogP contribution in [-0.2, 0) is 22.9 Å². The van der Waals surface area contributed by atoms with Crippen LogP contribution in [0.1, 0.15) is 34.0 Å². The van der Waals surface area contributed by atoms with E-state index >= 15 is 0 Å². The number of aryl methyl sites for hydroxylation is 1. The number of nitrogens with zero attached hydrogens (tertiary/aromatic N) is 1. The molecule has 3 aromatic carbocycles. The number of hydrogen-bond acceptors (Lipinski definition) is 3. The quantitative estimate of drug-likeness (QED) is 0.635. The Hall–Kier alpha value is -3.12. The minimum atomic E-state index is -3.66. The van der Waals surface area contributed by atoms with Crippen LogP contribution in [-0.4, -0.2) is 26.9 Å². The lowest BCUT2D eigenvalue weighted by Gasteiger charge is -2.24. The van der Waals surface area contributed by atoms with Gasteiger partial charge in [-0.2, -0.15) is 0 Å². The molecule has 4 rings (SSSR count). The van der Waals surface area contributed by atoms with Crippen LogP contribution in [0.2, 0.25) is 0 Å². The van der Waals surface area contributed by atoms with E-state index in [0.717, 1.165) is 17.5 Å². The lowest BCUT2D eigenvalue weighted by atomic mass is 10.1. The van der Waals surface area contributed by atoms with Crippen molar-refractivity contribution >= 4 is 21.6 Å². The van der Waals surface area contributed by atoms with Crippen molar-refractivity contribution < 1.29 is 13.2 Å². The summed E-state index contributed by atoms with van der Waals surface area (Å²) in [5.41, 5.74) is 4.25. The lowest BCUT2D eigenvalue weighted by molar-refractivity contribution is 0.0954. The molecule has 1 atom stereocenters. The van der Waals surface area contributed by atoms with Gasteiger partial charge in [-0.15, -0.1) is 0 Å². The zero-order valence-corrected chi connectivity index (χ0v) is 18.5. The molecule has 0 bridgehead atoms. The summed E-state index contributed by atoms with van der Waals surface area (Å²) in [4.78, 5) is 12.9. The summed E-state index contributed by atoms with van der Waals surface area (Å²) in [6.07, 6.45) is 1.34. The predicted molar refractivity (Wildman–Crippen MR) is 123 cm³/mol. The van der Waals surface area contributed by atoms with Gasteiger partial charge in [-0.05, 0) is 68.1 Å². The van der Waals surface area contributed by atoms with Crippen molar-refractivity contribution in [2.75, 3.05) is 10.8 Å². The summed E-state index contributed by atoms with van der Waals surface area (Å²) in [7, 11) is -3.66. The zero-order valence-electron chi connectivity index (χ0n) is 17.7. The van der Waals surface area contributed by atoms with E-state index in [1.165, 1.54) is 9.87 Å². The van der Waals surface area contributed by atoms with Gasteiger partial charge in [-0.1, -0.05) is 48.0 Å². The number of sulfonamides is 1. The molecule has 0 radical (unpaired) electrons. The van der Waals surface area contributed by atoms with Crippen LogP contribution in [0.25, 0.3) is 0 Å². The van der Waals surface area contributed by atoms with Crippen LogP contribution in [0.3, 0.4) is 0 Å². The molecule has 1 aliphatic rings. The highest BCUT2D eigenvalue weighted by Gasteiger charge is 2.36. The van der Waals surface area contributed by atoms with Gasteiger partial charge in [0.15, 0.2) is 0 Å². The highest BCUT2D eigenvalue weighted by molar-refractivity contribution is 7.92. The summed E-state index contributed by atoms with van der Waals surface area (Å²) in [6, 6.07) is 21.9. The fraction of sp³-hybridized carbons (Fsp3) is 0.240. The minimum Gasteiger partial charge on any atom is -0.352 e. The van der Waals surface area contributed by atoms with Gasteiger partial charge in [0.2, 0.25) is 0 Å². The highest BCUT2D eigenvalue weighted by atomic mass is 32.2. The van der Waals surface area contributed by atoms with E-state index in [1.54, 1.807) is 36.4 Å². The molecule has 0 saturated carbocycles. The van der Waals surface area contributed by atoms with Crippen LogP contribution in [0.5, 0.6) is 0 Å². The second-order valence-electron chi connectivity index (χ2n) is 8.00. The summed E-state index contributed by atoms with van der Waals surface area (Å²) in [5.74, 6) is -0.147. The Bertz CT molecular complexity index is 1190. The van der Waals surface area contributed by atoms with Crippen molar-refractivity contribution in [3.63, 3.8) is 0 Å². The van der Waals surface area contributed by atoms with Gasteiger partial charge in [0.1, 0.15) is 0 Å². The first-order valence-electron chi connectivity index (χ1n) is 10.4. The zero-order chi connectivity index (χ0) is 22.0. The van der Waals surface area contributed by atoms with Gasteiger partial charge in [-0.3, -0.25) is 9.10 Å². The number of anilines is 1. The van der Waals surface area contributed by atoms with E-state index < -0.39 is 10.0 Å². The van der Waals surface area contributed by atoms with Crippen molar-refractivity contribution in [2.45, 2.75) is 37.6 Å². The van der Waals surface area contributed by atoms with Crippen LogP contribution in [0.4, 0.5) is 5.69 Å². The molecule has 0 fully saturated rings.